The number of hydrogen-bond donors (Lipinski definition) is 1. The van der Waals surface area contributed by atoms with Gasteiger partial charge in [-0.25, -0.2) is 0 Å². The molecule has 1 N–H and O–H groups in total. The van der Waals surface area contributed by atoms with Crippen molar-refractivity contribution in [1.29, 1.82) is 0 Å². The number of nitrogens with zero attached hydrogens (tertiary/aromatic N) is 1. The molecule has 1 aliphatic heterocycles. The number of nitrogens with one attached hydrogen (secondary N) is 1. The van der Waals surface area contributed by atoms with Gasteiger partial charge in [-0.3, -0.25) is 4.79 Å². The third-order valence-electron chi connectivity index (χ3n) is 5.82. The van der Waals surface area contributed by atoms with Crippen LogP contribution in [0.5, 0.6) is 5.75 Å². The predicted molar refractivity (Wildman–Crippen MR) is 119 cm³/mol. The summed E-state index contributed by atoms with van der Waals surface area (Å²) >= 11 is 0. The molecule has 0 unspecified atom stereocenters. The maximum atomic E-state index is 12.6. The SMILES string of the molecule is COc1ccc2ccccc2c1CCC(=O)NC[C@H]1CCCN1c1ccccc1. The Morgan fingerprint density at radius 1 is 1.07 bits per heavy atom. The molecular weight excluding hydrogens is 360 g/mol. The molecule has 1 heterocycles. The van der Waals surface area contributed by atoms with E-state index in [1.807, 2.05) is 24.3 Å². The van der Waals surface area contributed by atoms with Crippen LogP contribution in [0.3, 0.4) is 0 Å². The van der Waals surface area contributed by atoms with Gasteiger partial charge in [-0.2, -0.15) is 0 Å². The maximum Gasteiger partial charge on any atom is 0.220 e. The number of benzene rings is 3. The minimum absolute atomic E-state index is 0.0971. The highest BCUT2D eigenvalue weighted by atomic mass is 16.5. The van der Waals surface area contributed by atoms with Crippen LogP contribution < -0.4 is 15.0 Å². The first-order valence-corrected chi connectivity index (χ1v) is 10.4. The molecule has 1 atom stereocenters. The third kappa shape index (κ3) is 4.37. The summed E-state index contributed by atoms with van der Waals surface area (Å²) in [6, 6.07) is 23.2. The van der Waals surface area contributed by atoms with E-state index < -0.39 is 0 Å². The topological polar surface area (TPSA) is 41.6 Å². The van der Waals surface area contributed by atoms with Crippen molar-refractivity contribution in [3.8, 4) is 5.75 Å². The highest BCUT2D eigenvalue weighted by molar-refractivity contribution is 5.88. The van der Waals surface area contributed by atoms with Crippen LogP contribution in [-0.4, -0.2) is 32.1 Å². The minimum atomic E-state index is 0.0971. The normalized spacial score (nSPS) is 16.2. The van der Waals surface area contributed by atoms with E-state index in [1.165, 1.54) is 17.5 Å². The number of rotatable bonds is 7. The molecule has 1 fully saturated rings. The van der Waals surface area contributed by atoms with Crippen molar-refractivity contribution in [3.05, 3.63) is 72.3 Å². The summed E-state index contributed by atoms with van der Waals surface area (Å²) < 4.78 is 5.55. The molecule has 4 rings (SSSR count). The van der Waals surface area contributed by atoms with Crippen molar-refractivity contribution in [2.75, 3.05) is 25.1 Å². The molecule has 3 aromatic rings. The van der Waals surface area contributed by atoms with E-state index >= 15 is 0 Å². The largest absolute Gasteiger partial charge is 0.496 e. The van der Waals surface area contributed by atoms with Crippen LogP contribution in [0.15, 0.2) is 66.7 Å². The minimum Gasteiger partial charge on any atom is -0.496 e. The number of carbonyl (C=O) groups excluding carboxylic acids is 1. The van der Waals surface area contributed by atoms with Crippen molar-refractivity contribution < 1.29 is 9.53 Å². The quantitative estimate of drug-likeness (QED) is 0.645. The molecule has 0 saturated carbocycles. The summed E-state index contributed by atoms with van der Waals surface area (Å²) in [7, 11) is 1.69. The molecule has 29 heavy (non-hydrogen) atoms. The van der Waals surface area contributed by atoms with Gasteiger partial charge in [0.1, 0.15) is 5.75 Å². The fraction of sp³-hybridized carbons (Fsp3) is 0.320. The maximum absolute atomic E-state index is 12.6. The number of para-hydroxylation sites is 1. The fourth-order valence-electron chi connectivity index (χ4n) is 4.33. The number of fused-ring (bicyclic) bond motifs is 1. The lowest BCUT2D eigenvalue weighted by Crippen LogP contribution is -2.40. The Morgan fingerprint density at radius 2 is 1.86 bits per heavy atom. The number of anilines is 1. The van der Waals surface area contributed by atoms with E-state index in [1.54, 1.807) is 7.11 Å². The molecule has 4 heteroatoms. The Kier molecular flexibility index (Phi) is 5.99. The second-order valence-corrected chi connectivity index (χ2v) is 7.60. The van der Waals surface area contributed by atoms with Crippen LogP contribution in [-0.2, 0) is 11.2 Å². The predicted octanol–water partition coefficient (Wildman–Crippen LogP) is 4.57. The Bertz CT molecular complexity index is 971. The average Bonchev–Trinajstić information content (AvgIpc) is 3.25. The molecule has 1 aliphatic rings. The zero-order valence-electron chi connectivity index (χ0n) is 16.9. The van der Waals surface area contributed by atoms with E-state index in [4.69, 9.17) is 4.74 Å². The van der Waals surface area contributed by atoms with Gasteiger partial charge in [0.15, 0.2) is 0 Å². The summed E-state index contributed by atoms with van der Waals surface area (Å²) in [5, 5.41) is 5.49. The summed E-state index contributed by atoms with van der Waals surface area (Å²) in [5.74, 6) is 0.947. The van der Waals surface area contributed by atoms with Crippen LogP contribution in [0.4, 0.5) is 5.69 Å². The molecule has 0 bridgehead atoms. The smallest absolute Gasteiger partial charge is 0.220 e. The van der Waals surface area contributed by atoms with Crippen LogP contribution in [0.25, 0.3) is 10.8 Å². The number of amides is 1. The van der Waals surface area contributed by atoms with Crippen molar-refractivity contribution in [3.63, 3.8) is 0 Å². The van der Waals surface area contributed by atoms with Gasteiger partial charge in [0.2, 0.25) is 5.91 Å². The van der Waals surface area contributed by atoms with Gasteiger partial charge >= 0.3 is 0 Å². The first-order chi connectivity index (χ1) is 14.3. The van der Waals surface area contributed by atoms with Gasteiger partial charge in [0, 0.05) is 36.8 Å². The summed E-state index contributed by atoms with van der Waals surface area (Å²) in [5.41, 5.74) is 2.34. The summed E-state index contributed by atoms with van der Waals surface area (Å²) in [6.07, 6.45) is 3.42. The fourth-order valence-corrected chi connectivity index (χ4v) is 4.33. The standard InChI is InChI=1S/C25H28N2O2/c1-29-24-15-13-19-8-5-6-12-22(19)23(24)14-16-25(28)26-18-21-11-7-17-27(21)20-9-3-2-4-10-20/h2-6,8-10,12-13,15,21H,7,11,14,16-18H2,1H3,(H,26,28)/t21-/m1/s1. The van der Waals surface area contributed by atoms with E-state index in [0.29, 0.717) is 25.4 Å². The van der Waals surface area contributed by atoms with Crippen molar-refractivity contribution in [1.82, 2.24) is 5.32 Å². The first-order valence-electron chi connectivity index (χ1n) is 10.4. The van der Waals surface area contributed by atoms with Crippen molar-refractivity contribution in [2.24, 2.45) is 0 Å². The number of hydrogen-bond acceptors (Lipinski definition) is 3. The molecule has 3 aromatic carbocycles. The molecular formula is C25H28N2O2. The van der Waals surface area contributed by atoms with Gasteiger partial charge in [-0.15, -0.1) is 0 Å². The monoisotopic (exact) mass is 388 g/mol. The molecule has 0 radical (unpaired) electrons. The van der Waals surface area contributed by atoms with Crippen LogP contribution in [0.2, 0.25) is 0 Å². The van der Waals surface area contributed by atoms with E-state index in [2.05, 4.69) is 52.7 Å². The summed E-state index contributed by atoms with van der Waals surface area (Å²) in [6.45, 7) is 1.75. The zero-order chi connectivity index (χ0) is 20.1. The van der Waals surface area contributed by atoms with Crippen molar-refractivity contribution in [2.45, 2.75) is 31.7 Å². The highest BCUT2D eigenvalue weighted by Gasteiger charge is 2.25. The summed E-state index contributed by atoms with van der Waals surface area (Å²) in [4.78, 5) is 15.0. The number of carbonyl (C=O) groups is 1. The van der Waals surface area contributed by atoms with Crippen molar-refractivity contribution >= 4 is 22.4 Å². The number of ether oxygens (including phenoxy) is 1. The Hall–Kier alpha value is -3.01. The Balaban J connectivity index is 1.37. The van der Waals surface area contributed by atoms with Gasteiger partial charge in [0.25, 0.3) is 0 Å². The lowest BCUT2D eigenvalue weighted by molar-refractivity contribution is -0.121. The molecule has 4 nitrogen and oxygen atoms in total. The number of methoxy groups -OCH3 is 1. The molecule has 0 aliphatic carbocycles. The lowest BCUT2D eigenvalue weighted by atomic mass is 9.99. The van der Waals surface area contributed by atoms with Crippen LogP contribution in [0.1, 0.15) is 24.8 Å². The second-order valence-electron chi connectivity index (χ2n) is 7.60. The van der Waals surface area contributed by atoms with E-state index in [0.717, 1.165) is 29.7 Å². The van der Waals surface area contributed by atoms with Crippen LogP contribution >= 0.6 is 0 Å². The second kappa shape index (κ2) is 8.99. The van der Waals surface area contributed by atoms with Crippen LogP contribution in [0, 0.1) is 0 Å². The zero-order valence-corrected chi connectivity index (χ0v) is 16.9. The molecule has 1 saturated heterocycles. The number of aryl methyl sites for hydroxylation is 1. The van der Waals surface area contributed by atoms with Gasteiger partial charge < -0.3 is 15.0 Å². The van der Waals surface area contributed by atoms with Gasteiger partial charge in [0.05, 0.1) is 7.11 Å². The lowest BCUT2D eigenvalue weighted by Gasteiger charge is -2.27. The molecule has 0 aromatic heterocycles. The van der Waals surface area contributed by atoms with E-state index in [9.17, 15) is 4.79 Å². The Labute approximate surface area is 172 Å². The van der Waals surface area contributed by atoms with E-state index in [-0.39, 0.29) is 5.91 Å². The van der Waals surface area contributed by atoms with Gasteiger partial charge in [-0.05, 0) is 48.2 Å². The van der Waals surface area contributed by atoms with Gasteiger partial charge in [-0.1, -0.05) is 48.5 Å². The third-order valence-corrected chi connectivity index (χ3v) is 5.82. The molecule has 150 valence electrons. The molecule has 0 spiro atoms. The highest BCUT2D eigenvalue weighted by Crippen LogP contribution is 2.29. The molecule has 1 amide bonds. The first kappa shape index (κ1) is 19.3. The Morgan fingerprint density at radius 3 is 2.69 bits per heavy atom. The average molecular weight is 389 g/mol.